The monoisotopic (exact) mass is 234 g/mol. The largest absolute Gasteiger partial charge is 0.314 e. The van der Waals surface area contributed by atoms with E-state index in [1.807, 2.05) is 0 Å². The van der Waals surface area contributed by atoms with Gasteiger partial charge in [0.15, 0.2) is 0 Å². The first-order valence-electron chi connectivity index (χ1n) is 4.66. The number of nitrogens with one attached hydrogen (secondary N) is 2. The van der Waals surface area contributed by atoms with Gasteiger partial charge in [0.2, 0.25) is 0 Å². The second-order valence-corrected chi connectivity index (χ2v) is 3.38. The van der Waals surface area contributed by atoms with Crippen molar-refractivity contribution in [1.29, 1.82) is 0 Å². The van der Waals surface area contributed by atoms with E-state index in [9.17, 15) is 8.78 Å². The van der Waals surface area contributed by atoms with Gasteiger partial charge in [0, 0.05) is 31.2 Å². The lowest BCUT2D eigenvalue weighted by molar-refractivity contribution is 0.414. The SMILES string of the molecule is Cl.Fc1ccc(F)c([C@H]2CNCCN2)c1. The summed E-state index contributed by atoms with van der Waals surface area (Å²) in [5.74, 6) is -0.749. The Labute approximate surface area is 93.5 Å². The molecule has 0 aliphatic carbocycles. The second kappa shape index (κ2) is 5.39. The standard InChI is InChI=1S/C10H12F2N2.ClH/c11-7-1-2-9(12)8(5-7)10-6-13-3-4-14-10;/h1-2,5,10,13-14H,3-4,6H2;1H/t10-;/m1./s1. The van der Waals surface area contributed by atoms with Gasteiger partial charge in [-0.2, -0.15) is 0 Å². The van der Waals surface area contributed by atoms with Crippen LogP contribution >= 0.6 is 12.4 Å². The van der Waals surface area contributed by atoms with Crippen molar-refractivity contribution in [2.24, 2.45) is 0 Å². The lowest BCUT2D eigenvalue weighted by Crippen LogP contribution is -2.43. The molecule has 2 nitrogen and oxygen atoms in total. The Bertz CT molecular complexity index is 327. The highest BCUT2D eigenvalue weighted by atomic mass is 35.5. The maximum atomic E-state index is 13.3. The van der Waals surface area contributed by atoms with Gasteiger partial charge in [0.25, 0.3) is 0 Å². The highest BCUT2D eigenvalue weighted by Gasteiger charge is 2.18. The summed E-state index contributed by atoms with van der Waals surface area (Å²) < 4.78 is 26.2. The van der Waals surface area contributed by atoms with Gasteiger partial charge in [-0.15, -0.1) is 12.4 Å². The number of hydrogen-bond acceptors (Lipinski definition) is 2. The van der Waals surface area contributed by atoms with Crippen molar-refractivity contribution in [3.8, 4) is 0 Å². The Morgan fingerprint density at radius 3 is 2.67 bits per heavy atom. The molecule has 1 aliphatic heterocycles. The van der Waals surface area contributed by atoms with Gasteiger partial charge in [-0.1, -0.05) is 0 Å². The molecule has 0 amide bonds. The molecule has 0 saturated carbocycles. The van der Waals surface area contributed by atoms with Crippen molar-refractivity contribution in [2.75, 3.05) is 19.6 Å². The predicted molar refractivity (Wildman–Crippen MR) is 57.2 cm³/mol. The first-order chi connectivity index (χ1) is 6.77. The van der Waals surface area contributed by atoms with Crippen LogP contribution in [0.15, 0.2) is 18.2 Å². The van der Waals surface area contributed by atoms with E-state index in [1.165, 1.54) is 12.1 Å². The summed E-state index contributed by atoms with van der Waals surface area (Å²) >= 11 is 0. The third kappa shape index (κ3) is 2.87. The fraction of sp³-hybridized carbons (Fsp3) is 0.400. The third-order valence-corrected chi connectivity index (χ3v) is 2.37. The summed E-state index contributed by atoms with van der Waals surface area (Å²) in [7, 11) is 0. The first kappa shape index (κ1) is 12.4. The van der Waals surface area contributed by atoms with E-state index in [0.29, 0.717) is 12.1 Å². The quantitative estimate of drug-likeness (QED) is 0.772. The minimum atomic E-state index is -0.395. The van der Waals surface area contributed by atoms with Gasteiger partial charge in [0.1, 0.15) is 11.6 Å². The maximum Gasteiger partial charge on any atom is 0.128 e. The molecule has 15 heavy (non-hydrogen) atoms. The van der Waals surface area contributed by atoms with Crippen molar-refractivity contribution in [1.82, 2.24) is 10.6 Å². The number of hydrogen-bond donors (Lipinski definition) is 2. The van der Waals surface area contributed by atoms with E-state index >= 15 is 0 Å². The van der Waals surface area contributed by atoms with E-state index < -0.39 is 5.82 Å². The van der Waals surface area contributed by atoms with Crippen LogP contribution in [0.2, 0.25) is 0 Å². The summed E-state index contributed by atoms with van der Waals surface area (Å²) in [5, 5.41) is 6.26. The van der Waals surface area contributed by atoms with E-state index in [4.69, 9.17) is 0 Å². The molecule has 0 spiro atoms. The molecule has 0 radical (unpaired) electrons. The average Bonchev–Trinajstić information content (AvgIpc) is 2.23. The summed E-state index contributed by atoms with van der Waals surface area (Å²) in [4.78, 5) is 0. The highest BCUT2D eigenvalue weighted by molar-refractivity contribution is 5.85. The minimum Gasteiger partial charge on any atom is -0.314 e. The fourth-order valence-electron chi connectivity index (χ4n) is 1.65. The number of benzene rings is 1. The predicted octanol–water partition coefficient (Wildman–Crippen LogP) is 1.62. The molecule has 2 rings (SSSR count). The molecule has 84 valence electrons. The van der Waals surface area contributed by atoms with E-state index in [2.05, 4.69) is 10.6 Å². The van der Waals surface area contributed by atoms with Crippen LogP contribution in [-0.2, 0) is 0 Å². The molecule has 0 unspecified atom stereocenters. The Morgan fingerprint density at radius 1 is 1.20 bits per heavy atom. The zero-order valence-electron chi connectivity index (χ0n) is 8.09. The fourth-order valence-corrected chi connectivity index (χ4v) is 1.65. The van der Waals surface area contributed by atoms with Crippen LogP contribution in [0, 0.1) is 11.6 Å². The minimum absolute atomic E-state index is 0. The molecule has 1 fully saturated rings. The molecule has 2 N–H and O–H groups in total. The van der Waals surface area contributed by atoms with Crippen LogP contribution in [-0.4, -0.2) is 19.6 Å². The Kier molecular flexibility index (Phi) is 4.45. The molecular weight excluding hydrogens is 222 g/mol. The van der Waals surface area contributed by atoms with Gasteiger partial charge in [-0.25, -0.2) is 8.78 Å². The maximum absolute atomic E-state index is 13.3. The van der Waals surface area contributed by atoms with E-state index in [0.717, 1.165) is 19.2 Å². The first-order valence-corrected chi connectivity index (χ1v) is 4.66. The van der Waals surface area contributed by atoms with Crippen LogP contribution in [0.5, 0.6) is 0 Å². The lowest BCUT2D eigenvalue weighted by atomic mass is 10.0. The zero-order valence-corrected chi connectivity index (χ0v) is 8.91. The summed E-state index contributed by atoms with van der Waals surface area (Å²) in [6, 6.07) is 3.43. The van der Waals surface area contributed by atoms with Gasteiger partial charge < -0.3 is 10.6 Å². The molecule has 1 saturated heterocycles. The molecule has 1 heterocycles. The van der Waals surface area contributed by atoms with Gasteiger partial charge in [-0.3, -0.25) is 0 Å². The van der Waals surface area contributed by atoms with Gasteiger partial charge in [0.05, 0.1) is 0 Å². The Morgan fingerprint density at radius 2 is 2.00 bits per heavy atom. The van der Waals surface area contributed by atoms with Crippen molar-refractivity contribution >= 4 is 12.4 Å². The molecule has 0 aromatic heterocycles. The molecule has 1 atom stereocenters. The molecule has 5 heteroatoms. The summed E-state index contributed by atoms with van der Waals surface area (Å²) in [5.41, 5.74) is 0.400. The number of piperazine rings is 1. The summed E-state index contributed by atoms with van der Waals surface area (Å²) in [6.45, 7) is 2.29. The molecule has 1 aromatic rings. The normalized spacial score (nSPS) is 20.8. The summed E-state index contributed by atoms with van der Waals surface area (Å²) in [6.07, 6.45) is 0. The van der Waals surface area contributed by atoms with Gasteiger partial charge in [-0.05, 0) is 18.2 Å². The highest BCUT2D eigenvalue weighted by Crippen LogP contribution is 2.18. The lowest BCUT2D eigenvalue weighted by Gasteiger charge is -2.25. The molecule has 1 aliphatic rings. The topological polar surface area (TPSA) is 24.1 Å². The number of halogens is 3. The van der Waals surface area contributed by atoms with Crippen molar-refractivity contribution < 1.29 is 8.78 Å². The number of rotatable bonds is 1. The third-order valence-electron chi connectivity index (χ3n) is 2.37. The van der Waals surface area contributed by atoms with Crippen LogP contribution in [0.3, 0.4) is 0 Å². The van der Waals surface area contributed by atoms with E-state index in [1.54, 1.807) is 0 Å². The molecule has 1 aromatic carbocycles. The van der Waals surface area contributed by atoms with Crippen LogP contribution in [0.4, 0.5) is 8.78 Å². The average molecular weight is 235 g/mol. The second-order valence-electron chi connectivity index (χ2n) is 3.38. The van der Waals surface area contributed by atoms with E-state index in [-0.39, 0.29) is 24.3 Å². The van der Waals surface area contributed by atoms with Crippen molar-refractivity contribution in [2.45, 2.75) is 6.04 Å². The van der Waals surface area contributed by atoms with Crippen molar-refractivity contribution in [3.05, 3.63) is 35.4 Å². The van der Waals surface area contributed by atoms with Crippen molar-refractivity contribution in [3.63, 3.8) is 0 Å². The van der Waals surface area contributed by atoms with Crippen LogP contribution < -0.4 is 10.6 Å². The Balaban J connectivity index is 0.00000112. The zero-order chi connectivity index (χ0) is 9.97. The smallest absolute Gasteiger partial charge is 0.128 e. The Hall–Kier alpha value is -0.710. The van der Waals surface area contributed by atoms with Crippen LogP contribution in [0.25, 0.3) is 0 Å². The molecule has 0 bridgehead atoms. The molecular formula is C10H13ClF2N2. The van der Waals surface area contributed by atoms with Crippen LogP contribution in [0.1, 0.15) is 11.6 Å². The van der Waals surface area contributed by atoms with Gasteiger partial charge >= 0.3 is 0 Å².